The van der Waals surface area contributed by atoms with Gasteiger partial charge in [-0.1, -0.05) is 36.4 Å². The number of amides is 4. The second-order valence-corrected chi connectivity index (χ2v) is 7.76. The van der Waals surface area contributed by atoms with Crippen molar-refractivity contribution in [3.05, 3.63) is 59.2 Å². The summed E-state index contributed by atoms with van der Waals surface area (Å²) in [6.45, 7) is 3.58. The van der Waals surface area contributed by atoms with Gasteiger partial charge in [0, 0.05) is 10.5 Å². The van der Waals surface area contributed by atoms with Gasteiger partial charge >= 0.3 is 18.2 Å². The number of anilines is 1. The first-order valence-corrected chi connectivity index (χ1v) is 9.34. The van der Waals surface area contributed by atoms with E-state index in [4.69, 9.17) is 5.73 Å². The number of thioether (sulfide) groups is 1. The molecule has 4 amide bonds. The minimum absolute atomic E-state index is 0.0131. The molecule has 1 atom stereocenters. The molecule has 2 aliphatic heterocycles. The van der Waals surface area contributed by atoms with Gasteiger partial charge in [0.1, 0.15) is 0 Å². The van der Waals surface area contributed by atoms with Crippen LogP contribution in [0.3, 0.4) is 0 Å². The standard InChI is InChI=1S/C19H15F3N4O2S/c1-10-8-11(2)14-13(9-10)29-16-24-18(19(20,21)22,12-6-4-3-5-7-12)26(15(23)27)17(28)25(14)16/h3-9H,1-2H3,(H2,23,27). The molecule has 2 aromatic rings. The smallest absolute Gasteiger partial charge is 0.351 e. The van der Waals surface area contributed by atoms with E-state index >= 15 is 0 Å². The van der Waals surface area contributed by atoms with Crippen molar-refractivity contribution in [2.24, 2.45) is 10.7 Å². The summed E-state index contributed by atoms with van der Waals surface area (Å²) in [7, 11) is 0. The molecule has 4 rings (SSSR count). The molecule has 29 heavy (non-hydrogen) atoms. The Hall–Kier alpha value is -3.01. The molecule has 6 nitrogen and oxygen atoms in total. The Balaban J connectivity index is 2.04. The Morgan fingerprint density at radius 1 is 1.17 bits per heavy atom. The van der Waals surface area contributed by atoms with Gasteiger partial charge in [-0.2, -0.15) is 13.2 Å². The number of nitrogens with zero attached hydrogens (tertiary/aromatic N) is 3. The number of aryl methyl sites for hydroxylation is 2. The predicted octanol–water partition coefficient (Wildman–Crippen LogP) is 4.50. The van der Waals surface area contributed by atoms with E-state index in [1.807, 2.05) is 6.92 Å². The van der Waals surface area contributed by atoms with Crippen LogP contribution in [0.1, 0.15) is 16.7 Å². The number of hydrogen-bond acceptors (Lipinski definition) is 4. The Morgan fingerprint density at radius 3 is 2.41 bits per heavy atom. The molecule has 0 saturated heterocycles. The van der Waals surface area contributed by atoms with Gasteiger partial charge in [0.05, 0.1) is 5.69 Å². The third-order valence-corrected chi connectivity index (χ3v) is 5.77. The maximum absolute atomic E-state index is 14.5. The van der Waals surface area contributed by atoms with E-state index in [2.05, 4.69) is 4.99 Å². The van der Waals surface area contributed by atoms with Crippen LogP contribution in [0.2, 0.25) is 0 Å². The van der Waals surface area contributed by atoms with E-state index in [0.717, 1.165) is 22.2 Å². The number of amidine groups is 1. The van der Waals surface area contributed by atoms with Gasteiger partial charge in [0.15, 0.2) is 5.17 Å². The SMILES string of the molecule is Cc1cc(C)c2c(c1)SC1=NC(c3ccccc3)(C(F)(F)F)N(C(N)=O)C(=O)N12. The highest BCUT2D eigenvalue weighted by Crippen LogP contribution is 2.53. The molecule has 10 heteroatoms. The summed E-state index contributed by atoms with van der Waals surface area (Å²) >= 11 is 0.955. The van der Waals surface area contributed by atoms with Crippen LogP contribution in [-0.2, 0) is 5.66 Å². The van der Waals surface area contributed by atoms with Crippen LogP contribution in [0.25, 0.3) is 0 Å². The number of rotatable bonds is 1. The number of carbonyl (C=O) groups is 2. The maximum Gasteiger partial charge on any atom is 0.437 e. The number of hydrogen-bond donors (Lipinski definition) is 1. The molecule has 2 heterocycles. The van der Waals surface area contributed by atoms with Crippen molar-refractivity contribution >= 4 is 34.7 Å². The lowest BCUT2D eigenvalue weighted by Crippen LogP contribution is -2.67. The number of urea groups is 2. The number of halogens is 3. The van der Waals surface area contributed by atoms with Crippen LogP contribution in [0, 0.1) is 13.8 Å². The summed E-state index contributed by atoms with van der Waals surface area (Å²) in [5, 5.41) is -0.155. The molecule has 1 unspecified atom stereocenters. The molecular weight excluding hydrogens is 405 g/mol. The highest BCUT2D eigenvalue weighted by Gasteiger charge is 2.67. The summed E-state index contributed by atoms with van der Waals surface area (Å²) in [6, 6.07) is 7.44. The molecule has 0 aliphatic carbocycles. The van der Waals surface area contributed by atoms with Gasteiger partial charge in [-0.15, -0.1) is 0 Å². The van der Waals surface area contributed by atoms with Crippen molar-refractivity contribution < 1.29 is 22.8 Å². The van der Waals surface area contributed by atoms with E-state index in [1.165, 1.54) is 30.3 Å². The highest BCUT2D eigenvalue weighted by atomic mass is 32.2. The summed E-state index contributed by atoms with van der Waals surface area (Å²) in [4.78, 5) is 30.9. The summed E-state index contributed by atoms with van der Waals surface area (Å²) in [5.41, 5.74) is 3.63. The second kappa shape index (κ2) is 6.24. The molecule has 2 aromatic carbocycles. The first-order chi connectivity index (χ1) is 13.6. The van der Waals surface area contributed by atoms with E-state index in [0.29, 0.717) is 16.1 Å². The van der Waals surface area contributed by atoms with E-state index in [1.54, 1.807) is 19.1 Å². The molecule has 0 saturated carbocycles. The number of carbonyl (C=O) groups excluding carboxylic acids is 2. The van der Waals surface area contributed by atoms with Crippen LogP contribution < -0.4 is 10.6 Å². The fourth-order valence-electron chi connectivity index (χ4n) is 3.67. The Labute approximate surface area is 168 Å². The monoisotopic (exact) mass is 420 g/mol. The number of aliphatic imine (C=N–C) groups is 1. The Kier molecular flexibility index (Phi) is 4.16. The highest BCUT2D eigenvalue weighted by molar-refractivity contribution is 8.15. The zero-order valence-corrected chi connectivity index (χ0v) is 16.1. The van der Waals surface area contributed by atoms with Crippen LogP contribution in [-0.4, -0.2) is 28.3 Å². The van der Waals surface area contributed by atoms with Crippen LogP contribution in [0.5, 0.6) is 0 Å². The molecular formula is C19H15F3N4O2S. The molecule has 2 N–H and O–H groups in total. The quantitative estimate of drug-likeness (QED) is 0.738. The predicted molar refractivity (Wildman–Crippen MR) is 103 cm³/mol. The van der Waals surface area contributed by atoms with E-state index in [-0.39, 0.29) is 15.6 Å². The molecule has 2 aliphatic rings. The van der Waals surface area contributed by atoms with Crippen LogP contribution in [0.4, 0.5) is 28.4 Å². The first kappa shape index (κ1) is 19.3. The number of fused-ring (bicyclic) bond motifs is 3. The van der Waals surface area contributed by atoms with Gasteiger partial charge in [-0.3, -0.25) is 0 Å². The molecule has 0 radical (unpaired) electrons. The summed E-state index contributed by atoms with van der Waals surface area (Å²) < 4.78 is 43.4. The van der Waals surface area contributed by atoms with Crippen molar-refractivity contribution in [2.75, 3.05) is 4.90 Å². The largest absolute Gasteiger partial charge is 0.437 e. The second-order valence-electron chi connectivity index (χ2n) is 6.75. The summed E-state index contributed by atoms with van der Waals surface area (Å²) in [5.74, 6) is 0. The average Bonchev–Trinajstić information content (AvgIpc) is 2.99. The van der Waals surface area contributed by atoms with E-state index < -0.39 is 23.9 Å². The number of primary amides is 1. The molecule has 0 bridgehead atoms. The average molecular weight is 420 g/mol. The van der Waals surface area contributed by atoms with Gasteiger partial charge in [-0.25, -0.2) is 24.4 Å². The molecule has 0 fully saturated rings. The molecule has 0 spiro atoms. The van der Waals surface area contributed by atoms with Crippen molar-refractivity contribution in [1.82, 2.24) is 4.90 Å². The van der Waals surface area contributed by atoms with Gasteiger partial charge in [0.2, 0.25) is 0 Å². The van der Waals surface area contributed by atoms with E-state index in [9.17, 15) is 22.8 Å². The van der Waals surface area contributed by atoms with Gasteiger partial charge in [-0.05, 0) is 42.8 Å². The lowest BCUT2D eigenvalue weighted by molar-refractivity contribution is -0.217. The topological polar surface area (TPSA) is 79.0 Å². The third-order valence-electron chi connectivity index (χ3n) is 4.78. The summed E-state index contributed by atoms with van der Waals surface area (Å²) in [6.07, 6.45) is -5.10. The third kappa shape index (κ3) is 2.62. The fourth-order valence-corrected chi connectivity index (χ4v) is 4.90. The zero-order chi connectivity index (χ0) is 21.1. The minimum atomic E-state index is -5.10. The normalized spacial score (nSPS) is 21.0. The fraction of sp³-hybridized carbons (Fsp3) is 0.211. The Morgan fingerprint density at radius 2 is 1.83 bits per heavy atom. The number of nitrogens with two attached hydrogens (primary N) is 1. The van der Waals surface area contributed by atoms with Gasteiger partial charge < -0.3 is 5.73 Å². The lowest BCUT2D eigenvalue weighted by atomic mass is 9.96. The lowest BCUT2D eigenvalue weighted by Gasteiger charge is -2.44. The number of imide groups is 1. The van der Waals surface area contributed by atoms with Crippen LogP contribution >= 0.6 is 11.8 Å². The van der Waals surface area contributed by atoms with Gasteiger partial charge in [0.25, 0.3) is 5.66 Å². The number of alkyl halides is 3. The minimum Gasteiger partial charge on any atom is -0.351 e. The molecule has 0 aromatic heterocycles. The zero-order valence-electron chi connectivity index (χ0n) is 15.3. The maximum atomic E-state index is 14.5. The van der Waals surface area contributed by atoms with Crippen molar-refractivity contribution in [2.45, 2.75) is 30.6 Å². The van der Waals surface area contributed by atoms with Crippen molar-refractivity contribution in [1.29, 1.82) is 0 Å². The first-order valence-electron chi connectivity index (χ1n) is 8.53. The van der Waals surface area contributed by atoms with Crippen molar-refractivity contribution in [3.63, 3.8) is 0 Å². The number of benzene rings is 2. The van der Waals surface area contributed by atoms with Crippen LogP contribution in [0.15, 0.2) is 52.4 Å². The van der Waals surface area contributed by atoms with Crippen molar-refractivity contribution in [3.8, 4) is 0 Å². The Bertz CT molecular complexity index is 1070. The molecule has 150 valence electrons.